The second-order valence-electron chi connectivity index (χ2n) is 4.51. The molecular weight excluding hydrogens is 462 g/mol. The van der Waals surface area contributed by atoms with E-state index in [1.54, 1.807) is 28.4 Å². The lowest BCUT2D eigenvalue weighted by atomic mass is 10.1. The zero-order valence-electron chi connectivity index (χ0n) is 13.3. The van der Waals surface area contributed by atoms with E-state index >= 15 is 0 Å². The van der Waals surface area contributed by atoms with E-state index in [1.807, 2.05) is 35.3 Å². The van der Waals surface area contributed by atoms with Crippen molar-refractivity contribution in [2.45, 2.75) is 0 Å². The smallest absolute Gasteiger partial charge is 0.220 e. The predicted octanol–water partition coefficient (Wildman–Crippen LogP) is 4.41. The number of allylic oxidation sites excluding steroid dienone is 1. The lowest BCUT2D eigenvalue weighted by Gasteiger charge is -2.07. The van der Waals surface area contributed by atoms with Gasteiger partial charge >= 0.3 is 0 Å². The van der Waals surface area contributed by atoms with Crippen LogP contribution in [0, 0.1) is 17.1 Å². The van der Waals surface area contributed by atoms with E-state index in [0.717, 1.165) is 0 Å². The third-order valence-corrected chi connectivity index (χ3v) is 4.91. The summed E-state index contributed by atoms with van der Waals surface area (Å²) in [6.07, 6.45) is 1.79. The van der Waals surface area contributed by atoms with Gasteiger partial charge in [-0.2, -0.15) is 5.26 Å². The summed E-state index contributed by atoms with van der Waals surface area (Å²) < 4.78 is 18.4. The van der Waals surface area contributed by atoms with Crippen molar-refractivity contribution in [3.63, 3.8) is 0 Å². The van der Waals surface area contributed by atoms with E-state index < -0.39 is 11.6 Å². The molecule has 1 heterocycles. The summed E-state index contributed by atoms with van der Waals surface area (Å²) in [6, 6.07) is 6.31. The Morgan fingerprint density at radius 2 is 2.04 bits per heavy atom. The van der Waals surface area contributed by atoms with Crippen LogP contribution >= 0.6 is 42.3 Å². The average molecular weight is 478 g/mol. The molecule has 0 saturated carbocycles. The number of nitrogens with one attached hydrogen (secondary N) is 2. The van der Waals surface area contributed by atoms with Gasteiger partial charge in [-0.05, 0) is 32.3 Å². The number of carbonyl (C=O) groups excluding carboxylic acids is 1. The minimum absolute atomic E-state index is 0.146. The largest absolute Gasteiger partial charge is 0.327 e. The highest BCUT2D eigenvalue weighted by Crippen LogP contribution is 2.33. The molecule has 2 rings (SSSR count). The molecule has 1 aromatic carbocycles. The molecular formula is C15H16FIN4OS2. The first-order valence-electron chi connectivity index (χ1n) is 6.60. The topological polar surface area (TPSA) is 69.8 Å². The highest BCUT2D eigenvalue weighted by atomic mass is 127. The number of hydrogen-bond donors (Lipinski definition) is 2. The predicted molar refractivity (Wildman–Crippen MR) is 110 cm³/mol. The van der Waals surface area contributed by atoms with Crippen LogP contribution in [0.3, 0.4) is 0 Å². The van der Waals surface area contributed by atoms with Crippen molar-refractivity contribution in [3.8, 4) is 6.07 Å². The maximum absolute atomic E-state index is 13.9. The van der Waals surface area contributed by atoms with Crippen LogP contribution in [0.2, 0.25) is 0 Å². The van der Waals surface area contributed by atoms with Crippen LogP contribution in [0.5, 0.6) is 0 Å². The number of fused-ring (bicyclic) bond motifs is 1. The van der Waals surface area contributed by atoms with Crippen molar-refractivity contribution >= 4 is 64.6 Å². The van der Waals surface area contributed by atoms with Gasteiger partial charge in [0.2, 0.25) is 5.78 Å². The van der Waals surface area contributed by atoms with Crippen LogP contribution < -0.4 is 10.0 Å². The van der Waals surface area contributed by atoms with Crippen molar-refractivity contribution in [3.05, 3.63) is 41.9 Å². The molecule has 24 heavy (non-hydrogen) atoms. The van der Waals surface area contributed by atoms with E-state index in [0.29, 0.717) is 22.3 Å². The van der Waals surface area contributed by atoms with E-state index in [9.17, 15) is 9.18 Å². The van der Waals surface area contributed by atoms with Gasteiger partial charge in [0, 0.05) is 42.0 Å². The molecule has 0 saturated heterocycles. The number of aromatic nitrogens is 1. The third kappa shape index (κ3) is 4.66. The lowest BCUT2D eigenvalue weighted by molar-refractivity contribution is 0.103. The molecule has 0 unspecified atom stereocenters. The van der Waals surface area contributed by atoms with Crippen LogP contribution in [0.1, 0.15) is 10.5 Å². The van der Waals surface area contributed by atoms with Crippen molar-refractivity contribution in [2.75, 3.05) is 25.1 Å². The Morgan fingerprint density at radius 3 is 2.54 bits per heavy atom. The number of benzene rings is 1. The van der Waals surface area contributed by atoms with E-state index in [4.69, 9.17) is 5.26 Å². The molecule has 0 aliphatic carbocycles. The summed E-state index contributed by atoms with van der Waals surface area (Å²) in [5.74, 6) is -0.858. The Balaban J connectivity index is 0.000000891. The zero-order valence-corrected chi connectivity index (χ0v) is 17.1. The Kier molecular flexibility index (Phi) is 8.61. The van der Waals surface area contributed by atoms with Gasteiger partial charge in [-0.15, -0.1) is 0 Å². The number of Topliss-reactive ketones (excluding diaryl/α,β-unsaturated/α-hetero) is 1. The summed E-state index contributed by atoms with van der Waals surface area (Å²) in [5, 5.41) is 12.1. The molecule has 128 valence electrons. The Morgan fingerprint density at radius 1 is 1.42 bits per heavy atom. The summed E-state index contributed by atoms with van der Waals surface area (Å²) >= 11 is 3.31. The fraction of sp³-hybridized carbons (Fsp3) is 0.200. The number of rotatable bonds is 5. The van der Waals surface area contributed by atoms with Crippen LogP contribution in [-0.4, -0.2) is 30.1 Å². The van der Waals surface area contributed by atoms with Crippen LogP contribution in [-0.2, 0) is 0 Å². The molecule has 2 aromatic rings. The van der Waals surface area contributed by atoms with Gasteiger partial charge in [0.1, 0.15) is 17.6 Å². The number of carbonyl (C=O) groups is 1. The molecule has 0 fully saturated rings. The number of anilines is 1. The Hall–Kier alpha value is -1.22. The number of hydrogen-bond acceptors (Lipinski definition) is 6. The van der Waals surface area contributed by atoms with Crippen LogP contribution in [0.25, 0.3) is 10.9 Å². The van der Waals surface area contributed by atoms with Crippen molar-refractivity contribution < 1.29 is 9.18 Å². The number of nitriles is 1. The molecule has 0 aliphatic rings. The normalized spacial score (nSPS) is 9.83. The molecule has 2 N–H and O–H groups in total. The molecule has 0 spiro atoms. The van der Waals surface area contributed by atoms with Gasteiger partial charge in [0.25, 0.3) is 0 Å². The summed E-state index contributed by atoms with van der Waals surface area (Å²) in [5.41, 5.74) is 1.20. The molecule has 0 radical (unpaired) electrons. The van der Waals surface area contributed by atoms with Crippen molar-refractivity contribution in [1.82, 2.24) is 9.29 Å². The summed E-state index contributed by atoms with van der Waals surface area (Å²) in [4.78, 5) is 12.1. The second-order valence-corrected chi connectivity index (χ2v) is 6.81. The highest BCUT2D eigenvalue weighted by molar-refractivity contribution is 14.2. The zero-order chi connectivity index (χ0) is 18.3. The standard InChI is InChI=1S/C13H9FIN3OS2.C2H7N/c1-7(6-16)13(19)12-4-8-3-9(14)10(17-20-2)5-11(8)18(12)21-15;1-3-2/h3-5,17H,1H2,2H3;3H,1-2H3. The Bertz CT molecular complexity index is 801. The molecule has 0 aliphatic heterocycles. The summed E-state index contributed by atoms with van der Waals surface area (Å²) in [6.45, 7) is 3.43. The van der Waals surface area contributed by atoms with Gasteiger partial charge in [-0.25, -0.2) is 4.39 Å². The van der Waals surface area contributed by atoms with Crippen molar-refractivity contribution in [1.29, 1.82) is 5.26 Å². The van der Waals surface area contributed by atoms with Gasteiger partial charge < -0.3 is 10.0 Å². The fourth-order valence-electron chi connectivity index (χ4n) is 1.83. The fourth-order valence-corrected chi connectivity index (χ4v) is 3.92. The minimum Gasteiger partial charge on any atom is -0.327 e. The quantitative estimate of drug-likeness (QED) is 0.218. The molecule has 0 amide bonds. The first-order chi connectivity index (χ1) is 11.4. The monoisotopic (exact) mass is 478 g/mol. The van der Waals surface area contributed by atoms with Crippen molar-refractivity contribution in [2.24, 2.45) is 0 Å². The van der Waals surface area contributed by atoms with Gasteiger partial charge in [0.05, 0.1) is 16.8 Å². The first kappa shape index (κ1) is 20.8. The SMILES string of the molecule is C=C(C#N)C(=O)c1cc2cc(F)c(NSC)cc2n1SI.CNC. The second kappa shape index (κ2) is 9.93. The third-order valence-electron chi connectivity index (χ3n) is 2.77. The number of nitrogens with zero attached hydrogens (tertiary/aromatic N) is 2. The minimum atomic E-state index is -0.461. The molecule has 5 nitrogen and oxygen atoms in total. The van der Waals surface area contributed by atoms with Crippen LogP contribution in [0.15, 0.2) is 30.4 Å². The summed E-state index contributed by atoms with van der Waals surface area (Å²) in [7, 11) is 5.03. The van der Waals surface area contributed by atoms with E-state index in [1.165, 1.54) is 27.1 Å². The van der Waals surface area contributed by atoms with Crippen LogP contribution in [0.4, 0.5) is 10.1 Å². The van der Waals surface area contributed by atoms with E-state index in [2.05, 4.69) is 16.6 Å². The molecule has 1 aromatic heterocycles. The number of ketones is 1. The Labute approximate surface area is 160 Å². The lowest BCUT2D eigenvalue weighted by Crippen LogP contribution is -2.05. The highest BCUT2D eigenvalue weighted by Gasteiger charge is 2.19. The number of halogens is 2. The maximum atomic E-state index is 13.9. The van der Waals surface area contributed by atoms with E-state index in [-0.39, 0.29) is 5.57 Å². The van der Waals surface area contributed by atoms with Gasteiger partial charge in [0.15, 0.2) is 0 Å². The molecule has 9 heteroatoms. The van der Waals surface area contributed by atoms with Gasteiger partial charge in [-0.3, -0.25) is 8.77 Å². The maximum Gasteiger partial charge on any atom is 0.220 e. The average Bonchev–Trinajstić information content (AvgIpc) is 2.92. The molecule has 0 bridgehead atoms. The first-order valence-corrected chi connectivity index (χ1v) is 11.1. The van der Waals surface area contributed by atoms with Gasteiger partial charge in [-0.1, -0.05) is 18.5 Å². The molecule has 0 atom stereocenters.